The van der Waals surface area contributed by atoms with Crippen LogP contribution in [0.15, 0.2) is 73.3 Å². The van der Waals surface area contributed by atoms with Crippen molar-refractivity contribution in [3.05, 3.63) is 91.4 Å². The summed E-state index contributed by atoms with van der Waals surface area (Å²) in [5.41, 5.74) is 0. The van der Waals surface area contributed by atoms with Gasteiger partial charge < -0.3 is 5.92 Å². The maximum Gasteiger partial charge on any atom is 0 e. The average molecular weight is 370 g/mol. The van der Waals surface area contributed by atoms with E-state index in [9.17, 15) is 0 Å². The minimum absolute atomic E-state index is 0. The van der Waals surface area contributed by atoms with Gasteiger partial charge >= 0.3 is 0 Å². The van der Waals surface area contributed by atoms with Crippen LogP contribution in [0.3, 0.4) is 0 Å². The van der Waals surface area contributed by atoms with Gasteiger partial charge in [0.2, 0.25) is 0 Å². The van der Waals surface area contributed by atoms with E-state index in [1.54, 1.807) is 5.92 Å². The minimum atomic E-state index is 0. The van der Waals surface area contributed by atoms with Crippen LogP contribution in [0.5, 0.6) is 0 Å². The third kappa shape index (κ3) is 12.3. The van der Waals surface area contributed by atoms with Gasteiger partial charge in [-0.25, -0.2) is 0 Å². The minimum Gasteiger partial charge on any atom is -0.310 e. The maximum atomic E-state index is 3.70. The van der Waals surface area contributed by atoms with Gasteiger partial charge in [0.25, 0.3) is 0 Å². The summed E-state index contributed by atoms with van der Waals surface area (Å²) in [5, 5.41) is 0. The van der Waals surface area contributed by atoms with Crippen molar-refractivity contribution in [1.29, 1.82) is 0 Å². The Kier molecular flexibility index (Phi) is 14.4. The number of hydrogen-bond acceptors (Lipinski definition) is 0. The zero-order chi connectivity index (χ0) is 14.3. The van der Waals surface area contributed by atoms with Crippen LogP contribution in [0.2, 0.25) is 0 Å². The molecule has 1 aliphatic carbocycles. The van der Waals surface area contributed by atoms with Crippen LogP contribution in [0.25, 0.3) is 0 Å². The van der Waals surface area contributed by atoms with Gasteiger partial charge in [-0.15, -0.1) is 12.7 Å². The number of hydrogen-bond donors (Lipinski definition) is 0. The summed E-state index contributed by atoms with van der Waals surface area (Å²) >= 11 is 0. The molecule has 1 fully saturated rings. The molecule has 0 saturated heterocycles. The van der Waals surface area contributed by atoms with Crippen LogP contribution in [-0.4, -0.2) is 0 Å². The van der Waals surface area contributed by atoms with Crippen LogP contribution < -0.4 is 0 Å². The molecule has 1 aliphatic rings. The van der Waals surface area contributed by atoms with Crippen LogP contribution in [0, 0.1) is 18.1 Å². The predicted octanol–water partition coefficient (Wildman–Crippen LogP) is 5.68. The Hall–Kier alpha value is -1.16. The van der Waals surface area contributed by atoms with Gasteiger partial charge in [-0.05, 0) is 0 Å². The molecule has 0 atom stereocenters. The van der Waals surface area contributed by atoms with Crippen molar-refractivity contribution >= 4 is 0 Å². The molecule has 0 aliphatic heterocycles. The van der Waals surface area contributed by atoms with Gasteiger partial charge in [-0.2, -0.15) is 92.1 Å². The summed E-state index contributed by atoms with van der Waals surface area (Å²) in [6.45, 7) is 3.70. The summed E-state index contributed by atoms with van der Waals surface area (Å²) in [7, 11) is 0. The predicted molar refractivity (Wildman–Crippen MR) is 87.1 cm³/mol. The van der Waals surface area contributed by atoms with Crippen LogP contribution >= 0.6 is 0 Å². The summed E-state index contributed by atoms with van der Waals surface area (Å²) in [6, 6.07) is 25.0. The molecule has 2 aromatic rings. The van der Waals surface area contributed by atoms with Crippen molar-refractivity contribution < 1.29 is 20.4 Å². The van der Waals surface area contributed by atoms with E-state index in [0.29, 0.717) is 0 Å². The Bertz CT molecular complexity index is 319. The monoisotopic (exact) mass is 369 g/mol. The first-order valence-corrected chi connectivity index (χ1v) is 7.20. The Morgan fingerprint density at radius 2 is 1.24 bits per heavy atom. The Balaban J connectivity index is 0.000000283. The SMILES string of the molecule is C=CC[C-]1CCCC1.[Pd].[c-]1ccccc1.[c-]1ccccc1. The van der Waals surface area contributed by atoms with Crippen molar-refractivity contribution in [3.63, 3.8) is 0 Å². The normalized spacial score (nSPS) is 12.8. The largest absolute Gasteiger partial charge is 0.310 e. The molecule has 21 heavy (non-hydrogen) atoms. The van der Waals surface area contributed by atoms with E-state index >= 15 is 0 Å². The molecular weight excluding hydrogens is 347 g/mol. The molecule has 0 N–H and O–H groups in total. The zero-order valence-electron chi connectivity index (χ0n) is 12.4. The number of benzene rings is 2. The summed E-state index contributed by atoms with van der Waals surface area (Å²) < 4.78 is 0. The molecule has 0 unspecified atom stereocenters. The molecule has 0 aromatic heterocycles. The topological polar surface area (TPSA) is 0 Å². The van der Waals surface area contributed by atoms with E-state index in [1.807, 2.05) is 66.7 Å². The van der Waals surface area contributed by atoms with Crippen molar-refractivity contribution in [2.24, 2.45) is 0 Å². The van der Waals surface area contributed by atoms with E-state index in [0.717, 1.165) is 0 Å². The van der Waals surface area contributed by atoms with E-state index in [4.69, 9.17) is 0 Å². The van der Waals surface area contributed by atoms with E-state index in [1.165, 1.54) is 32.1 Å². The Labute approximate surface area is 144 Å². The summed E-state index contributed by atoms with van der Waals surface area (Å²) in [4.78, 5) is 0. The molecule has 3 rings (SSSR count). The van der Waals surface area contributed by atoms with E-state index < -0.39 is 0 Å². The second-order valence-corrected chi connectivity index (χ2v) is 4.60. The van der Waals surface area contributed by atoms with Gasteiger partial charge in [0, 0.05) is 20.4 Å². The fourth-order valence-electron chi connectivity index (χ4n) is 1.97. The van der Waals surface area contributed by atoms with Crippen LogP contribution in [0.4, 0.5) is 0 Å². The molecule has 1 saturated carbocycles. The van der Waals surface area contributed by atoms with Gasteiger partial charge in [0.05, 0.1) is 0 Å². The van der Waals surface area contributed by atoms with Gasteiger partial charge in [0.15, 0.2) is 0 Å². The Morgan fingerprint density at radius 3 is 1.48 bits per heavy atom. The fourth-order valence-corrected chi connectivity index (χ4v) is 1.97. The first kappa shape index (κ1) is 19.8. The zero-order valence-corrected chi connectivity index (χ0v) is 14.0. The third-order valence-corrected chi connectivity index (χ3v) is 2.96. The van der Waals surface area contributed by atoms with E-state index in [2.05, 4.69) is 18.7 Å². The third-order valence-electron chi connectivity index (χ3n) is 2.96. The number of allylic oxidation sites excluding steroid dienone is 1. The molecule has 0 heterocycles. The summed E-state index contributed by atoms with van der Waals surface area (Å²) in [6.07, 6.45) is 8.76. The molecule has 1 heteroatoms. The number of rotatable bonds is 2. The van der Waals surface area contributed by atoms with E-state index in [-0.39, 0.29) is 20.4 Å². The van der Waals surface area contributed by atoms with Gasteiger partial charge in [0.1, 0.15) is 0 Å². The smallest absolute Gasteiger partial charge is 0 e. The fraction of sp³-hybridized carbons (Fsp3) is 0.250. The first-order valence-electron chi connectivity index (χ1n) is 7.20. The standard InChI is InChI=1S/C8H13.2C6H5.Pd/c1-2-5-8-6-3-4-7-8;2*1-2-4-6-5-3-1;/h2H,1,3-7H2;2*1-5H;/q3*-1;. The molecular formula is C20H23Pd-3. The van der Waals surface area contributed by atoms with Crippen molar-refractivity contribution in [2.75, 3.05) is 0 Å². The molecule has 0 spiro atoms. The first-order chi connectivity index (χ1) is 9.93. The van der Waals surface area contributed by atoms with Gasteiger partial charge in [-0.3, -0.25) is 0 Å². The van der Waals surface area contributed by atoms with Crippen LogP contribution in [0.1, 0.15) is 32.1 Å². The van der Waals surface area contributed by atoms with Crippen LogP contribution in [-0.2, 0) is 20.4 Å². The molecule has 0 radical (unpaired) electrons. The molecule has 0 amide bonds. The van der Waals surface area contributed by atoms with Gasteiger partial charge in [-0.1, -0.05) is 12.8 Å². The molecule has 116 valence electrons. The quantitative estimate of drug-likeness (QED) is 0.363. The van der Waals surface area contributed by atoms with Crippen molar-refractivity contribution in [3.8, 4) is 0 Å². The second kappa shape index (κ2) is 15.2. The molecule has 0 nitrogen and oxygen atoms in total. The molecule has 2 aromatic carbocycles. The maximum absolute atomic E-state index is 3.70. The Morgan fingerprint density at radius 1 is 0.810 bits per heavy atom. The summed E-state index contributed by atoms with van der Waals surface area (Å²) in [5.74, 6) is 1.71. The second-order valence-electron chi connectivity index (χ2n) is 4.60. The van der Waals surface area contributed by atoms with Crippen molar-refractivity contribution in [1.82, 2.24) is 0 Å². The van der Waals surface area contributed by atoms with Crippen molar-refractivity contribution in [2.45, 2.75) is 32.1 Å². The average Bonchev–Trinajstić information content (AvgIpc) is 3.06. The molecule has 0 bridgehead atoms.